The third-order valence-electron chi connectivity index (χ3n) is 4.10. The predicted molar refractivity (Wildman–Crippen MR) is 93.0 cm³/mol. The maximum Gasteiger partial charge on any atom is 0.312 e. The number of halogens is 1. The fourth-order valence-electron chi connectivity index (χ4n) is 2.76. The molecular weight excluding hydrogens is 330 g/mol. The van der Waals surface area contributed by atoms with Crippen LogP contribution >= 0.6 is 11.6 Å². The second kappa shape index (κ2) is 8.24. The fourth-order valence-corrected chi connectivity index (χ4v) is 2.89. The molecule has 0 aliphatic carbocycles. The van der Waals surface area contributed by atoms with Gasteiger partial charge < -0.3 is 20.7 Å². The Morgan fingerprint density at radius 3 is 2.33 bits per heavy atom. The Labute approximate surface area is 147 Å². The Morgan fingerprint density at radius 1 is 1.25 bits per heavy atom. The maximum atomic E-state index is 12.6. The number of likely N-dealkylation sites (tertiary alicyclic amines) is 1. The second-order valence-electron chi connectivity index (χ2n) is 6.33. The number of urea groups is 1. The quantitative estimate of drug-likeness (QED) is 0.852. The maximum absolute atomic E-state index is 12.6. The van der Waals surface area contributed by atoms with Crippen molar-refractivity contribution in [3.63, 3.8) is 0 Å². The van der Waals surface area contributed by atoms with Gasteiger partial charge in [-0.15, -0.1) is 0 Å². The molecule has 1 aliphatic heterocycles. The normalized spacial score (nSPS) is 16.8. The molecule has 3 amide bonds. The third kappa shape index (κ3) is 5.03. The number of hydrogen-bond acceptors (Lipinski definition) is 3. The van der Waals surface area contributed by atoms with Crippen molar-refractivity contribution in [2.45, 2.75) is 38.8 Å². The molecule has 0 bridgehead atoms. The van der Waals surface area contributed by atoms with Gasteiger partial charge in [0.1, 0.15) is 17.9 Å². The van der Waals surface area contributed by atoms with E-state index in [0.717, 1.165) is 18.6 Å². The number of rotatable bonds is 5. The number of carbonyl (C=O) groups excluding carboxylic acids is 2. The van der Waals surface area contributed by atoms with Gasteiger partial charge in [0, 0.05) is 31.0 Å². The molecule has 1 heterocycles. The van der Waals surface area contributed by atoms with E-state index in [1.807, 2.05) is 26.0 Å². The number of nitrogens with one attached hydrogen (secondary N) is 1. The third-order valence-corrected chi connectivity index (χ3v) is 4.35. The number of amides is 3. The van der Waals surface area contributed by atoms with E-state index >= 15 is 0 Å². The molecule has 0 radical (unpaired) electrons. The summed E-state index contributed by atoms with van der Waals surface area (Å²) in [6.45, 7) is 4.96. The van der Waals surface area contributed by atoms with Crippen LogP contribution in [0.3, 0.4) is 0 Å². The zero-order valence-electron chi connectivity index (χ0n) is 14.0. The van der Waals surface area contributed by atoms with Crippen LogP contribution < -0.4 is 15.8 Å². The molecule has 0 spiro atoms. The Balaban J connectivity index is 1.87. The lowest BCUT2D eigenvalue weighted by Gasteiger charge is -2.35. The molecule has 6 nitrogen and oxygen atoms in total. The molecule has 1 atom stereocenters. The Hall–Kier alpha value is -1.95. The van der Waals surface area contributed by atoms with E-state index in [1.165, 1.54) is 0 Å². The van der Waals surface area contributed by atoms with Gasteiger partial charge in [-0.3, -0.25) is 4.79 Å². The second-order valence-corrected chi connectivity index (χ2v) is 6.76. The molecule has 0 saturated carbocycles. The number of ether oxygens (including phenoxy) is 1. The number of nitrogens with zero attached hydrogens (tertiary/aromatic N) is 1. The summed E-state index contributed by atoms with van der Waals surface area (Å²) in [7, 11) is 0. The highest BCUT2D eigenvalue weighted by molar-refractivity contribution is 6.30. The standard InChI is InChI=1S/C17H24ClN3O3/c1-11(2)15(20-17(19)23)16(22)21-9-7-14(8-10-21)24-13-5-3-12(18)4-6-13/h3-6,11,14-15H,7-10H2,1-2H3,(H3,19,20,23). The molecule has 24 heavy (non-hydrogen) atoms. The zero-order valence-corrected chi connectivity index (χ0v) is 14.8. The highest BCUT2D eigenvalue weighted by Gasteiger charge is 2.31. The molecule has 2 rings (SSSR count). The molecule has 1 unspecified atom stereocenters. The van der Waals surface area contributed by atoms with Crippen LogP contribution in [0, 0.1) is 5.92 Å². The van der Waals surface area contributed by atoms with Gasteiger partial charge in [0.15, 0.2) is 0 Å². The summed E-state index contributed by atoms with van der Waals surface area (Å²) in [6, 6.07) is 5.99. The van der Waals surface area contributed by atoms with Crippen LogP contribution in [-0.2, 0) is 4.79 Å². The van der Waals surface area contributed by atoms with Crippen molar-refractivity contribution >= 4 is 23.5 Å². The number of piperidine rings is 1. The Bertz CT molecular complexity index is 569. The summed E-state index contributed by atoms with van der Waals surface area (Å²) in [5.41, 5.74) is 5.17. The van der Waals surface area contributed by atoms with Gasteiger partial charge in [0.2, 0.25) is 5.91 Å². The first kappa shape index (κ1) is 18.4. The van der Waals surface area contributed by atoms with E-state index in [0.29, 0.717) is 18.1 Å². The number of benzene rings is 1. The van der Waals surface area contributed by atoms with E-state index in [-0.39, 0.29) is 17.9 Å². The predicted octanol–water partition coefficient (Wildman–Crippen LogP) is 2.40. The summed E-state index contributed by atoms with van der Waals surface area (Å²) in [6.07, 6.45) is 1.56. The van der Waals surface area contributed by atoms with Gasteiger partial charge in [-0.2, -0.15) is 0 Å². The van der Waals surface area contributed by atoms with Crippen molar-refractivity contribution < 1.29 is 14.3 Å². The zero-order chi connectivity index (χ0) is 17.7. The molecule has 1 aromatic rings. The van der Waals surface area contributed by atoms with Gasteiger partial charge in [-0.05, 0) is 30.2 Å². The number of nitrogens with two attached hydrogens (primary N) is 1. The Morgan fingerprint density at radius 2 is 1.83 bits per heavy atom. The van der Waals surface area contributed by atoms with Crippen molar-refractivity contribution in [1.29, 1.82) is 0 Å². The minimum Gasteiger partial charge on any atom is -0.490 e. The summed E-state index contributed by atoms with van der Waals surface area (Å²) in [4.78, 5) is 25.4. The first-order valence-corrected chi connectivity index (χ1v) is 8.51. The molecule has 1 saturated heterocycles. The van der Waals surface area contributed by atoms with Gasteiger partial charge in [-0.1, -0.05) is 25.4 Å². The van der Waals surface area contributed by atoms with E-state index < -0.39 is 12.1 Å². The number of carbonyl (C=O) groups is 2. The fraction of sp³-hybridized carbons (Fsp3) is 0.529. The minimum absolute atomic E-state index is 0.0203. The van der Waals surface area contributed by atoms with Crippen molar-refractivity contribution in [3.05, 3.63) is 29.3 Å². The van der Waals surface area contributed by atoms with Crippen LogP contribution in [0.2, 0.25) is 5.02 Å². The number of primary amides is 1. The monoisotopic (exact) mass is 353 g/mol. The molecule has 132 valence electrons. The van der Waals surface area contributed by atoms with Gasteiger partial charge in [0.05, 0.1) is 0 Å². The first-order chi connectivity index (χ1) is 11.4. The van der Waals surface area contributed by atoms with Crippen LogP contribution in [0.5, 0.6) is 5.75 Å². The van der Waals surface area contributed by atoms with Crippen LogP contribution in [0.15, 0.2) is 24.3 Å². The van der Waals surface area contributed by atoms with E-state index in [4.69, 9.17) is 22.1 Å². The SMILES string of the molecule is CC(C)C(NC(N)=O)C(=O)N1CCC(Oc2ccc(Cl)cc2)CC1. The average Bonchev–Trinajstić information content (AvgIpc) is 2.54. The largest absolute Gasteiger partial charge is 0.490 e. The topological polar surface area (TPSA) is 84.7 Å². The molecular formula is C17H24ClN3O3. The van der Waals surface area contributed by atoms with Crippen molar-refractivity contribution in [2.75, 3.05) is 13.1 Å². The summed E-state index contributed by atoms with van der Waals surface area (Å²) < 4.78 is 5.92. The highest BCUT2D eigenvalue weighted by atomic mass is 35.5. The first-order valence-electron chi connectivity index (χ1n) is 8.14. The smallest absolute Gasteiger partial charge is 0.312 e. The molecule has 1 aliphatic rings. The van der Waals surface area contributed by atoms with Gasteiger partial charge in [-0.25, -0.2) is 4.79 Å². The summed E-state index contributed by atoms with van der Waals surface area (Å²) in [5.74, 6) is 0.668. The van der Waals surface area contributed by atoms with Crippen molar-refractivity contribution in [1.82, 2.24) is 10.2 Å². The van der Waals surface area contributed by atoms with Crippen LogP contribution in [0.4, 0.5) is 4.79 Å². The highest BCUT2D eigenvalue weighted by Crippen LogP contribution is 2.21. The molecule has 1 aromatic carbocycles. The van der Waals surface area contributed by atoms with E-state index in [1.54, 1.807) is 17.0 Å². The van der Waals surface area contributed by atoms with E-state index in [2.05, 4.69) is 5.32 Å². The lowest BCUT2D eigenvalue weighted by Crippen LogP contribution is -2.54. The van der Waals surface area contributed by atoms with Crippen LogP contribution in [0.25, 0.3) is 0 Å². The van der Waals surface area contributed by atoms with Gasteiger partial charge >= 0.3 is 6.03 Å². The summed E-state index contributed by atoms with van der Waals surface area (Å²) >= 11 is 5.86. The minimum atomic E-state index is -0.678. The molecule has 1 fully saturated rings. The van der Waals surface area contributed by atoms with Crippen molar-refractivity contribution in [3.8, 4) is 5.75 Å². The Kier molecular flexibility index (Phi) is 6.31. The average molecular weight is 354 g/mol. The lowest BCUT2D eigenvalue weighted by atomic mass is 10.0. The number of hydrogen-bond donors (Lipinski definition) is 2. The van der Waals surface area contributed by atoms with Crippen molar-refractivity contribution in [2.24, 2.45) is 11.7 Å². The van der Waals surface area contributed by atoms with Gasteiger partial charge in [0.25, 0.3) is 0 Å². The molecule has 7 heteroatoms. The van der Waals surface area contributed by atoms with Crippen LogP contribution in [-0.4, -0.2) is 42.1 Å². The van der Waals surface area contributed by atoms with Crippen LogP contribution in [0.1, 0.15) is 26.7 Å². The van der Waals surface area contributed by atoms with E-state index in [9.17, 15) is 9.59 Å². The summed E-state index contributed by atoms with van der Waals surface area (Å²) in [5, 5.41) is 3.21. The molecule has 0 aromatic heterocycles. The molecule has 3 N–H and O–H groups in total. The lowest BCUT2D eigenvalue weighted by molar-refractivity contribution is -0.136.